The zero-order valence-corrected chi connectivity index (χ0v) is 22.8. The molecule has 5 nitrogen and oxygen atoms in total. The zero-order chi connectivity index (χ0) is 28.1. The van der Waals surface area contributed by atoms with E-state index in [0.717, 1.165) is 51.1 Å². The van der Waals surface area contributed by atoms with Gasteiger partial charge in [0.25, 0.3) is 0 Å². The molecule has 0 spiro atoms. The predicted molar refractivity (Wildman–Crippen MR) is 165 cm³/mol. The first-order valence-electron chi connectivity index (χ1n) is 13.9. The molecule has 0 amide bonds. The highest BCUT2D eigenvalue weighted by Crippen LogP contribution is 2.58. The molecule has 202 valence electrons. The Morgan fingerprint density at radius 3 is 2.24 bits per heavy atom. The van der Waals surface area contributed by atoms with Gasteiger partial charge in [0.1, 0.15) is 5.84 Å². The van der Waals surface area contributed by atoms with Crippen molar-refractivity contribution in [1.82, 2.24) is 0 Å². The Balaban J connectivity index is 1.54. The summed E-state index contributed by atoms with van der Waals surface area (Å²) in [7, 11) is 1.62. The number of fused-ring (bicyclic) bond motifs is 5. The second kappa shape index (κ2) is 9.86. The fourth-order valence-corrected chi connectivity index (χ4v) is 6.96. The quantitative estimate of drug-likeness (QED) is 0.138. The number of hydrogen-bond donors (Lipinski definition) is 4. The first-order chi connectivity index (χ1) is 20.0. The molecule has 0 saturated heterocycles. The summed E-state index contributed by atoms with van der Waals surface area (Å²) in [6.45, 7) is 0. The molecular weight excluding hydrogens is 506 g/mol. The first-order valence-corrected chi connectivity index (χ1v) is 13.9. The smallest absolute Gasteiger partial charge is 0.168 e. The first kappa shape index (κ1) is 25.0. The van der Waals surface area contributed by atoms with Crippen LogP contribution in [-0.2, 0) is 6.42 Å². The molecule has 0 fully saturated rings. The molecule has 5 aromatic carbocycles. The van der Waals surface area contributed by atoms with Crippen LogP contribution in [-0.4, -0.2) is 18.1 Å². The van der Waals surface area contributed by atoms with Crippen molar-refractivity contribution >= 4 is 11.5 Å². The Morgan fingerprint density at radius 1 is 0.854 bits per heavy atom. The van der Waals surface area contributed by atoms with Crippen molar-refractivity contribution < 1.29 is 9.84 Å². The third-order valence-corrected chi connectivity index (χ3v) is 8.67. The summed E-state index contributed by atoms with van der Waals surface area (Å²) in [5.41, 5.74) is 16.5. The Morgan fingerprint density at radius 2 is 1.54 bits per heavy atom. The number of benzene rings is 5. The third kappa shape index (κ3) is 4.04. The third-order valence-electron chi connectivity index (χ3n) is 8.67. The van der Waals surface area contributed by atoms with E-state index in [1.165, 1.54) is 11.1 Å². The maximum absolute atomic E-state index is 11.3. The van der Waals surface area contributed by atoms with Crippen LogP contribution in [0.4, 0.5) is 5.69 Å². The molecule has 1 aliphatic carbocycles. The molecule has 3 unspecified atom stereocenters. The van der Waals surface area contributed by atoms with Gasteiger partial charge in [-0.15, -0.1) is 0 Å². The lowest BCUT2D eigenvalue weighted by Crippen LogP contribution is -2.31. The van der Waals surface area contributed by atoms with Crippen LogP contribution in [0.5, 0.6) is 11.5 Å². The molecule has 0 bridgehead atoms. The van der Waals surface area contributed by atoms with Crippen LogP contribution >= 0.6 is 0 Å². The summed E-state index contributed by atoms with van der Waals surface area (Å²) in [5, 5.41) is 23.3. The Labute approximate surface area is 239 Å². The van der Waals surface area contributed by atoms with Crippen molar-refractivity contribution in [2.75, 3.05) is 12.4 Å². The lowest BCUT2D eigenvalue weighted by atomic mass is 9.72. The van der Waals surface area contributed by atoms with Gasteiger partial charge in [0.05, 0.1) is 13.2 Å². The van der Waals surface area contributed by atoms with Crippen LogP contribution in [0, 0.1) is 11.3 Å². The van der Waals surface area contributed by atoms with E-state index in [2.05, 4.69) is 66.0 Å². The normalized spacial score (nSPS) is 18.5. The fourth-order valence-electron chi connectivity index (χ4n) is 6.96. The maximum Gasteiger partial charge on any atom is 0.168 e. The molecule has 1 heterocycles. The van der Waals surface area contributed by atoms with Gasteiger partial charge in [0.2, 0.25) is 0 Å². The summed E-state index contributed by atoms with van der Waals surface area (Å²) in [6, 6.07) is 36.9. The van der Waals surface area contributed by atoms with Crippen molar-refractivity contribution in [3.8, 4) is 33.8 Å². The lowest BCUT2D eigenvalue weighted by Gasteiger charge is -2.40. The van der Waals surface area contributed by atoms with E-state index in [4.69, 9.17) is 15.9 Å². The van der Waals surface area contributed by atoms with Gasteiger partial charge >= 0.3 is 0 Å². The van der Waals surface area contributed by atoms with E-state index in [1.54, 1.807) is 7.11 Å². The van der Waals surface area contributed by atoms with Gasteiger partial charge in [-0.05, 0) is 75.5 Å². The second-order valence-electron chi connectivity index (χ2n) is 10.9. The number of nitrogen functional groups attached to an aromatic ring is 1. The number of anilines is 1. The molecule has 5 heteroatoms. The topological polar surface area (TPSA) is 91.4 Å². The zero-order valence-electron chi connectivity index (χ0n) is 22.8. The van der Waals surface area contributed by atoms with Crippen LogP contribution in [0.15, 0.2) is 109 Å². The van der Waals surface area contributed by atoms with Gasteiger partial charge < -0.3 is 20.9 Å². The number of rotatable bonds is 5. The van der Waals surface area contributed by atoms with Crippen molar-refractivity contribution in [2.24, 2.45) is 11.7 Å². The van der Waals surface area contributed by atoms with E-state index in [0.29, 0.717) is 5.75 Å². The number of phenolic OH excluding ortho intramolecular Hbond substituents is 1. The monoisotopic (exact) mass is 537 g/mol. The summed E-state index contributed by atoms with van der Waals surface area (Å²) >= 11 is 0. The van der Waals surface area contributed by atoms with Crippen molar-refractivity contribution in [2.45, 2.75) is 18.4 Å². The van der Waals surface area contributed by atoms with Crippen LogP contribution in [0.3, 0.4) is 0 Å². The second-order valence-corrected chi connectivity index (χ2v) is 10.9. The Hall–Kier alpha value is -5.03. The molecule has 0 radical (unpaired) electrons. The highest BCUT2D eigenvalue weighted by Gasteiger charge is 2.45. The molecule has 5 aromatic rings. The molecule has 3 atom stereocenters. The summed E-state index contributed by atoms with van der Waals surface area (Å²) in [6.07, 6.45) is 0.897. The molecular formula is C36H31N3O2. The van der Waals surface area contributed by atoms with Gasteiger partial charge in [0.15, 0.2) is 11.5 Å². The molecule has 1 aliphatic heterocycles. The molecule has 41 heavy (non-hydrogen) atoms. The van der Waals surface area contributed by atoms with Crippen molar-refractivity contribution in [1.29, 1.82) is 5.41 Å². The van der Waals surface area contributed by atoms with Crippen LogP contribution in [0.2, 0.25) is 0 Å². The molecule has 0 aromatic heterocycles. The average molecular weight is 538 g/mol. The van der Waals surface area contributed by atoms with Crippen molar-refractivity contribution in [3.63, 3.8) is 0 Å². The van der Waals surface area contributed by atoms with E-state index in [1.807, 2.05) is 48.5 Å². The van der Waals surface area contributed by atoms with Gasteiger partial charge in [-0.1, -0.05) is 84.9 Å². The van der Waals surface area contributed by atoms with Crippen LogP contribution in [0.1, 0.15) is 39.8 Å². The summed E-state index contributed by atoms with van der Waals surface area (Å²) in [4.78, 5) is 0. The molecule has 7 rings (SSSR count). The van der Waals surface area contributed by atoms with Gasteiger partial charge in [-0.3, -0.25) is 5.41 Å². The SMILES string of the molecule is COc1c(O)cc(-c2ccccc2)c(C2Nc3ccc(C(=N)N)cc3C3c4ccccc4CC23)c1-c1ccccc1. The maximum atomic E-state index is 11.3. The number of phenols is 1. The van der Waals surface area contributed by atoms with E-state index in [-0.39, 0.29) is 29.5 Å². The van der Waals surface area contributed by atoms with Crippen LogP contribution in [0.25, 0.3) is 22.3 Å². The standard InChI is InChI=1S/C36H31N3O2/c1-41-35-30(40)20-26(21-10-4-2-5-11-21)33(31(35)22-12-6-3-7-13-22)34-28-18-23-14-8-9-15-25(23)32(28)27-19-24(36(37)38)16-17-29(27)39-34/h2-17,19-20,28,32,34,39-40H,18H2,1H3,(H3,37,38). The molecule has 0 saturated carbocycles. The van der Waals surface area contributed by atoms with Gasteiger partial charge in [-0.2, -0.15) is 0 Å². The predicted octanol–water partition coefficient (Wildman–Crippen LogP) is 7.49. The van der Waals surface area contributed by atoms with Crippen molar-refractivity contribution in [3.05, 3.63) is 137 Å². The molecule has 2 aliphatic rings. The number of nitrogens with one attached hydrogen (secondary N) is 2. The number of nitrogens with two attached hydrogens (primary N) is 1. The highest BCUT2D eigenvalue weighted by atomic mass is 16.5. The number of amidine groups is 1. The Bertz CT molecular complexity index is 1780. The minimum absolute atomic E-state index is 0.0683. The summed E-state index contributed by atoms with van der Waals surface area (Å²) < 4.78 is 5.92. The summed E-state index contributed by atoms with van der Waals surface area (Å²) in [5.74, 6) is 0.957. The minimum atomic E-state index is -0.0945. The van der Waals surface area contributed by atoms with Gasteiger partial charge in [0, 0.05) is 22.7 Å². The number of aromatic hydroxyl groups is 1. The van der Waals surface area contributed by atoms with Gasteiger partial charge in [-0.25, -0.2) is 0 Å². The largest absolute Gasteiger partial charge is 0.504 e. The lowest BCUT2D eigenvalue weighted by molar-refractivity contribution is 0.372. The van der Waals surface area contributed by atoms with Crippen LogP contribution < -0.4 is 15.8 Å². The highest BCUT2D eigenvalue weighted by molar-refractivity contribution is 5.96. The Kier molecular flexibility index (Phi) is 6.01. The number of methoxy groups -OCH3 is 1. The average Bonchev–Trinajstić information content (AvgIpc) is 3.41. The minimum Gasteiger partial charge on any atom is -0.504 e. The fraction of sp³-hybridized carbons (Fsp3) is 0.139. The van der Waals surface area contributed by atoms with E-state index >= 15 is 0 Å². The number of hydrogen-bond acceptors (Lipinski definition) is 4. The molecule has 5 N–H and O–H groups in total. The van der Waals surface area contributed by atoms with E-state index < -0.39 is 0 Å². The van der Waals surface area contributed by atoms with E-state index in [9.17, 15) is 5.11 Å². The number of ether oxygens (including phenoxy) is 1.